The number of hydrogen-bond donors (Lipinski definition) is 1. The van der Waals surface area contributed by atoms with Crippen molar-refractivity contribution in [1.82, 2.24) is 15.0 Å². The van der Waals surface area contributed by atoms with Crippen LogP contribution in [-0.2, 0) is 0 Å². The number of nitrogens with two attached hydrogens (primary N) is 1. The van der Waals surface area contributed by atoms with E-state index in [2.05, 4.69) is 15.0 Å². The van der Waals surface area contributed by atoms with Gasteiger partial charge in [0.05, 0.1) is 0 Å². The molecule has 0 aliphatic heterocycles. The fourth-order valence-electron chi connectivity index (χ4n) is 1.92. The number of aryl methyl sites for hydroxylation is 1. The summed E-state index contributed by atoms with van der Waals surface area (Å²) in [5.41, 5.74) is 8.44. The molecule has 0 saturated heterocycles. The van der Waals surface area contributed by atoms with Gasteiger partial charge in [-0.2, -0.15) is 0 Å². The van der Waals surface area contributed by atoms with Crippen molar-refractivity contribution in [3.8, 4) is 11.1 Å². The molecule has 0 radical (unpaired) electrons. The van der Waals surface area contributed by atoms with Crippen LogP contribution in [-0.4, -0.2) is 15.0 Å². The first-order chi connectivity index (χ1) is 9.13. The van der Waals surface area contributed by atoms with E-state index in [0.717, 1.165) is 16.5 Å². The Morgan fingerprint density at radius 3 is 2.58 bits per heavy atom. The lowest BCUT2D eigenvalue weighted by molar-refractivity contribution is 1.07. The van der Waals surface area contributed by atoms with Crippen molar-refractivity contribution < 1.29 is 0 Å². The summed E-state index contributed by atoms with van der Waals surface area (Å²) in [5, 5.41) is 1.56. The Morgan fingerprint density at radius 1 is 1.11 bits per heavy atom. The number of benzene rings is 1. The molecule has 0 amide bonds. The largest absolute Gasteiger partial charge is 0.383 e. The average molecular weight is 271 g/mol. The number of nitrogens with zero attached hydrogens (tertiary/aromatic N) is 3. The van der Waals surface area contributed by atoms with E-state index in [1.165, 1.54) is 0 Å². The summed E-state index contributed by atoms with van der Waals surface area (Å²) in [6.45, 7) is 1.82. The smallest absolute Gasteiger partial charge is 0.165 e. The molecule has 5 heteroatoms. The molecule has 2 aromatic heterocycles. The van der Waals surface area contributed by atoms with Crippen LogP contribution in [0.4, 0.5) is 5.82 Å². The first kappa shape index (κ1) is 11.9. The van der Waals surface area contributed by atoms with E-state index in [9.17, 15) is 0 Å². The fourth-order valence-corrected chi connectivity index (χ4v) is 2.05. The Labute approximate surface area is 115 Å². The third kappa shape index (κ3) is 2.22. The second-order valence-electron chi connectivity index (χ2n) is 4.26. The molecule has 0 saturated carbocycles. The van der Waals surface area contributed by atoms with Crippen LogP contribution >= 0.6 is 11.6 Å². The van der Waals surface area contributed by atoms with Crippen LogP contribution in [0.5, 0.6) is 0 Å². The molecule has 19 heavy (non-hydrogen) atoms. The normalized spacial score (nSPS) is 10.8. The molecule has 2 heterocycles. The second-order valence-corrected chi connectivity index (χ2v) is 4.69. The number of aromatic nitrogens is 3. The minimum Gasteiger partial charge on any atom is -0.383 e. The summed E-state index contributed by atoms with van der Waals surface area (Å²) >= 11 is 5.88. The van der Waals surface area contributed by atoms with Gasteiger partial charge in [-0.05, 0) is 30.7 Å². The summed E-state index contributed by atoms with van der Waals surface area (Å²) in [4.78, 5) is 12.8. The molecule has 0 unspecified atom stereocenters. The van der Waals surface area contributed by atoms with Crippen molar-refractivity contribution in [3.63, 3.8) is 0 Å². The molecule has 3 rings (SSSR count). The Kier molecular flexibility index (Phi) is 2.80. The van der Waals surface area contributed by atoms with Crippen LogP contribution in [0.1, 0.15) is 5.82 Å². The van der Waals surface area contributed by atoms with Gasteiger partial charge in [0.2, 0.25) is 0 Å². The van der Waals surface area contributed by atoms with Crippen molar-refractivity contribution in [2.45, 2.75) is 6.92 Å². The van der Waals surface area contributed by atoms with Gasteiger partial charge in [-0.1, -0.05) is 23.7 Å². The highest BCUT2D eigenvalue weighted by molar-refractivity contribution is 6.30. The van der Waals surface area contributed by atoms with Gasteiger partial charge in [-0.3, -0.25) is 0 Å². The van der Waals surface area contributed by atoms with Gasteiger partial charge in [-0.25, -0.2) is 15.0 Å². The van der Waals surface area contributed by atoms with E-state index in [0.29, 0.717) is 22.3 Å². The molecular weight excluding hydrogens is 260 g/mol. The lowest BCUT2D eigenvalue weighted by Crippen LogP contribution is -1.98. The Bertz CT molecular complexity index is 753. The second kappa shape index (κ2) is 4.48. The van der Waals surface area contributed by atoms with Crippen molar-refractivity contribution in [2.24, 2.45) is 0 Å². The minimum atomic E-state index is 0.452. The number of halogens is 1. The van der Waals surface area contributed by atoms with Crippen LogP contribution in [0.2, 0.25) is 5.02 Å². The Hall–Kier alpha value is -2.20. The van der Waals surface area contributed by atoms with Crippen LogP contribution < -0.4 is 5.73 Å². The van der Waals surface area contributed by atoms with Crippen molar-refractivity contribution >= 4 is 28.5 Å². The quantitative estimate of drug-likeness (QED) is 0.737. The monoisotopic (exact) mass is 270 g/mol. The van der Waals surface area contributed by atoms with Crippen LogP contribution in [0.15, 0.2) is 36.5 Å². The summed E-state index contributed by atoms with van der Waals surface area (Å²) in [5.74, 6) is 1.13. The molecule has 0 bridgehead atoms. The van der Waals surface area contributed by atoms with E-state index in [4.69, 9.17) is 17.3 Å². The van der Waals surface area contributed by atoms with Crippen molar-refractivity contribution in [1.29, 1.82) is 0 Å². The zero-order chi connectivity index (χ0) is 13.4. The highest BCUT2D eigenvalue weighted by atomic mass is 35.5. The lowest BCUT2D eigenvalue weighted by Gasteiger charge is -2.07. The minimum absolute atomic E-state index is 0.452. The summed E-state index contributed by atoms with van der Waals surface area (Å²) in [6.07, 6.45) is 1.75. The first-order valence-electron chi connectivity index (χ1n) is 5.79. The molecule has 0 atom stereocenters. The predicted molar refractivity (Wildman–Crippen MR) is 76.9 cm³/mol. The van der Waals surface area contributed by atoms with Crippen LogP contribution in [0.25, 0.3) is 22.2 Å². The van der Waals surface area contributed by atoms with Gasteiger partial charge in [0.15, 0.2) is 5.65 Å². The molecule has 0 fully saturated rings. The predicted octanol–water partition coefficient (Wildman–Crippen LogP) is 3.24. The zero-order valence-corrected chi connectivity index (χ0v) is 11.0. The summed E-state index contributed by atoms with van der Waals surface area (Å²) in [6, 6.07) is 9.42. The number of anilines is 1. The van der Waals surface area contributed by atoms with E-state index >= 15 is 0 Å². The first-order valence-corrected chi connectivity index (χ1v) is 6.17. The molecule has 2 N–H and O–H groups in total. The third-order valence-corrected chi connectivity index (χ3v) is 3.13. The maximum absolute atomic E-state index is 6.00. The fraction of sp³-hybridized carbons (Fsp3) is 0.0714. The lowest BCUT2D eigenvalue weighted by atomic mass is 10.1. The van der Waals surface area contributed by atoms with E-state index < -0.39 is 0 Å². The molecule has 3 aromatic rings. The van der Waals surface area contributed by atoms with Gasteiger partial charge >= 0.3 is 0 Å². The molecule has 0 aliphatic rings. The van der Waals surface area contributed by atoms with Crippen molar-refractivity contribution in [2.75, 3.05) is 5.73 Å². The number of rotatable bonds is 1. The van der Waals surface area contributed by atoms with Gasteiger partial charge in [0.25, 0.3) is 0 Å². The van der Waals surface area contributed by atoms with E-state index in [1.807, 2.05) is 37.3 Å². The highest BCUT2D eigenvalue weighted by Gasteiger charge is 2.08. The summed E-state index contributed by atoms with van der Waals surface area (Å²) < 4.78 is 0. The molecular formula is C14H11ClN4. The topological polar surface area (TPSA) is 64.7 Å². The third-order valence-electron chi connectivity index (χ3n) is 2.87. The Balaban J connectivity index is 2.21. The molecule has 0 spiro atoms. The number of pyridine rings is 1. The number of nitrogen functional groups attached to an aromatic ring is 1. The Morgan fingerprint density at radius 2 is 1.84 bits per heavy atom. The van der Waals surface area contributed by atoms with Crippen LogP contribution in [0.3, 0.4) is 0 Å². The standard InChI is InChI=1S/C14H11ClN4/c1-8-17-7-10-6-12(13(16)19-14(10)18-8)9-2-4-11(15)5-3-9/h2-7H,1H3,(H2,16,17,18,19). The average Bonchev–Trinajstić information content (AvgIpc) is 2.39. The maximum atomic E-state index is 6.00. The molecule has 1 aromatic carbocycles. The van der Waals surface area contributed by atoms with Gasteiger partial charge < -0.3 is 5.73 Å². The van der Waals surface area contributed by atoms with Gasteiger partial charge in [0.1, 0.15) is 11.6 Å². The zero-order valence-electron chi connectivity index (χ0n) is 10.3. The summed E-state index contributed by atoms with van der Waals surface area (Å²) in [7, 11) is 0. The van der Waals surface area contributed by atoms with Crippen LogP contribution in [0, 0.1) is 6.92 Å². The van der Waals surface area contributed by atoms with Gasteiger partial charge in [-0.15, -0.1) is 0 Å². The molecule has 4 nitrogen and oxygen atoms in total. The molecule has 94 valence electrons. The van der Waals surface area contributed by atoms with Gasteiger partial charge in [0, 0.05) is 22.2 Å². The van der Waals surface area contributed by atoms with E-state index in [1.54, 1.807) is 6.20 Å². The highest BCUT2D eigenvalue weighted by Crippen LogP contribution is 2.28. The van der Waals surface area contributed by atoms with Crippen molar-refractivity contribution in [3.05, 3.63) is 47.4 Å². The molecule has 0 aliphatic carbocycles. The van der Waals surface area contributed by atoms with E-state index in [-0.39, 0.29) is 0 Å². The number of hydrogen-bond acceptors (Lipinski definition) is 4. The number of fused-ring (bicyclic) bond motifs is 1. The SMILES string of the molecule is Cc1ncc2cc(-c3ccc(Cl)cc3)c(N)nc2n1. The maximum Gasteiger partial charge on any atom is 0.165 e.